The number of nitrogens with zero attached hydrogens (tertiary/aromatic N) is 2. The van der Waals surface area contributed by atoms with Gasteiger partial charge in [-0.1, -0.05) is 30.2 Å². The normalized spacial score (nSPS) is 11.8. The molecule has 2 aromatic heterocycles. The van der Waals surface area contributed by atoms with E-state index in [9.17, 15) is 4.79 Å². The molecule has 4 nitrogen and oxygen atoms in total. The number of hydrogen-bond acceptors (Lipinski definition) is 4. The molecule has 0 aliphatic heterocycles. The van der Waals surface area contributed by atoms with Gasteiger partial charge in [-0.2, -0.15) is 0 Å². The topological polar surface area (TPSA) is 54.9 Å². The number of nitrogens with one attached hydrogen (secondary N) is 1. The highest BCUT2D eigenvalue weighted by Crippen LogP contribution is 2.16. The highest BCUT2D eigenvalue weighted by Gasteiger charge is 2.16. The Hall–Kier alpha value is -2.71. The number of fused-ring (bicyclic) bond motifs is 1. The van der Waals surface area contributed by atoms with Crippen LogP contribution in [-0.2, 0) is 0 Å². The second-order valence-electron chi connectivity index (χ2n) is 4.38. The van der Waals surface area contributed by atoms with Crippen LogP contribution in [0.25, 0.3) is 10.9 Å². The summed E-state index contributed by atoms with van der Waals surface area (Å²) < 4.78 is 0. The Kier molecular flexibility index (Phi) is 3.63. The van der Waals surface area contributed by atoms with Crippen molar-refractivity contribution < 1.29 is 4.79 Å². The Labute approximate surface area is 125 Å². The van der Waals surface area contributed by atoms with Crippen molar-refractivity contribution in [1.82, 2.24) is 15.3 Å². The molecule has 1 amide bonds. The zero-order chi connectivity index (χ0) is 14.7. The number of para-hydroxylation sites is 1. The van der Waals surface area contributed by atoms with Gasteiger partial charge in [0.25, 0.3) is 5.91 Å². The minimum absolute atomic E-state index is 0.297. The molecule has 1 unspecified atom stereocenters. The number of carbonyl (C=O) groups is 1. The van der Waals surface area contributed by atoms with Crippen LogP contribution >= 0.6 is 11.3 Å². The Morgan fingerprint density at radius 1 is 1.29 bits per heavy atom. The van der Waals surface area contributed by atoms with E-state index in [-0.39, 0.29) is 5.91 Å². The second kappa shape index (κ2) is 5.73. The van der Waals surface area contributed by atoms with E-state index in [4.69, 9.17) is 6.42 Å². The van der Waals surface area contributed by atoms with Crippen LogP contribution in [0.5, 0.6) is 0 Å². The number of amides is 1. The molecule has 0 aliphatic carbocycles. The number of benzene rings is 1. The highest BCUT2D eigenvalue weighted by molar-refractivity contribution is 7.07. The molecule has 0 fully saturated rings. The third kappa shape index (κ3) is 2.76. The van der Waals surface area contributed by atoms with Crippen molar-refractivity contribution in [3.63, 3.8) is 0 Å². The summed E-state index contributed by atoms with van der Waals surface area (Å²) in [5, 5.41) is 5.46. The third-order valence-corrected chi connectivity index (χ3v) is 3.61. The SMILES string of the molecule is C#CC(NC(=O)c1cscn1)c1ccc2ccccc2n1. The lowest BCUT2D eigenvalue weighted by Crippen LogP contribution is -2.28. The standard InChI is InChI=1S/C16H11N3OS/c1-2-12(19-16(20)15-9-21-10-17-15)14-8-7-11-5-3-4-6-13(11)18-14/h1,3-10,12H,(H,19,20). The number of pyridine rings is 1. The van der Waals surface area contributed by atoms with E-state index in [0.717, 1.165) is 10.9 Å². The van der Waals surface area contributed by atoms with E-state index in [0.29, 0.717) is 11.4 Å². The molecule has 1 atom stereocenters. The number of terminal acetylenes is 1. The first-order valence-corrected chi connectivity index (χ1v) is 7.23. The Balaban J connectivity index is 1.88. The smallest absolute Gasteiger partial charge is 0.272 e. The van der Waals surface area contributed by atoms with Crippen LogP contribution in [0.4, 0.5) is 0 Å². The van der Waals surface area contributed by atoms with Gasteiger partial charge in [0.15, 0.2) is 0 Å². The molecule has 0 spiro atoms. The van der Waals surface area contributed by atoms with Gasteiger partial charge in [-0.15, -0.1) is 17.8 Å². The second-order valence-corrected chi connectivity index (χ2v) is 5.09. The summed E-state index contributed by atoms with van der Waals surface area (Å²) in [6.07, 6.45) is 5.53. The fourth-order valence-corrected chi connectivity index (χ4v) is 2.51. The molecule has 5 heteroatoms. The number of carbonyl (C=O) groups excluding carboxylic acids is 1. The summed E-state index contributed by atoms with van der Waals surface area (Å²) in [6.45, 7) is 0. The Morgan fingerprint density at radius 3 is 2.90 bits per heavy atom. The van der Waals surface area contributed by atoms with Gasteiger partial charge in [0, 0.05) is 10.8 Å². The fraction of sp³-hybridized carbons (Fsp3) is 0.0625. The summed E-state index contributed by atoms with van der Waals surface area (Å²) in [5.41, 5.74) is 3.45. The van der Waals surface area contributed by atoms with Crippen LogP contribution in [0.15, 0.2) is 47.3 Å². The predicted octanol–water partition coefficient (Wildman–Crippen LogP) is 2.80. The number of thiazole rings is 1. The average Bonchev–Trinajstić information content (AvgIpc) is 3.06. The van der Waals surface area contributed by atoms with Gasteiger partial charge < -0.3 is 5.32 Å². The summed E-state index contributed by atoms with van der Waals surface area (Å²) in [7, 11) is 0. The van der Waals surface area contributed by atoms with Gasteiger partial charge >= 0.3 is 0 Å². The van der Waals surface area contributed by atoms with E-state index in [1.165, 1.54) is 11.3 Å². The first kappa shape index (κ1) is 13.3. The number of rotatable bonds is 3. The van der Waals surface area contributed by atoms with Gasteiger partial charge in [-0.05, 0) is 12.1 Å². The van der Waals surface area contributed by atoms with Gasteiger partial charge in [0.2, 0.25) is 0 Å². The van der Waals surface area contributed by atoms with E-state index in [2.05, 4.69) is 21.2 Å². The maximum absolute atomic E-state index is 12.0. The molecular weight excluding hydrogens is 282 g/mol. The van der Waals surface area contributed by atoms with Gasteiger partial charge in [0.05, 0.1) is 16.7 Å². The molecule has 1 N–H and O–H groups in total. The van der Waals surface area contributed by atoms with E-state index in [1.807, 2.05) is 36.4 Å². The average molecular weight is 293 g/mol. The van der Waals surface area contributed by atoms with Gasteiger partial charge in [0.1, 0.15) is 11.7 Å². The molecule has 0 saturated heterocycles. The third-order valence-electron chi connectivity index (χ3n) is 3.02. The molecule has 0 bridgehead atoms. The molecule has 1 aromatic carbocycles. The lowest BCUT2D eigenvalue weighted by atomic mass is 10.1. The molecule has 102 valence electrons. The summed E-state index contributed by atoms with van der Waals surface area (Å²) in [5.74, 6) is 2.26. The van der Waals surface area contributed by atoms with Crippen LogP contribution in [0.2, 0.25) is 0 Å². The maximum atomic E-state index is 12.0. The minimum atomic E-state index is -0.580. The zero-order valence-electron chi connectivity index (χ0n) is 11.0. The molecule has 21 heavy (non-hydrogen) atoms. The Bertz CT molecular complexity index is 821. The molecule has 0 saturated carbocycles. The van der Waals surface area contributed by atoms with Crippen molar-refractivity contribution in [2.24, 2.45) is 0 Å². The highest BCUT2D eigenvalue weighted by atomic mass is 32.1. The van der Waals surface area contributed by atoms with E-state index < -0.39 is 6.04 Å². The van der Waals surface area contributed by atoms with Crippen molar-refractivity contribution in [3.05, 3.63) is 58.7 Å². The van der Waals surface area contributed by atoms with Crippen LogP contribution < -0.4 is 5.32 Å². The molecule has 0 aliphatic rings. The van der Waals surface area contributed by atoms with E-state index in [1.54, 1.807) is 10.9 Å². The van der Waals surface area contributed by atoms with Gasteiger partial charge in [-0.25, -0.2) is 9.97 Å². The van der Waals surface area contributed by atoms with Crippen molar-refractivity contribution in [2.75, 3.05) is 0 Å². The molecule has 2 heterocycles. The predicted molar refractivity (Wildman–Crippen MR) is 82.9 cm³/mol. The molecular formula is C16H11N3OS. The molecule has 0 radical (unpaired) electrons. The summed E-state index contributed by atoms with van der Waals surface area (Å²) in [4.78, 5) is 20.5. The number of hydrogen-bond donors (Lipinski definition) is 1. The quantitative estimate of drug-likeness (QED) is 0.755. The van der Waals surface area contributed by atoms with Crippen LogP contribution in [-0.4, -0.2) is 15.9 Å². The first-order chi connectivity index (χ1) is 10.3. The van der Waals surface area contributed by atoms with Crippen molar-refractivity contribution in [3.8, 4) is 12.3 Å². The lowest BCUT2D eigenvalue weighted by Gasteiger charge is -2.12. The van der Waals surface area contributed by atoms with Crippen molar-refractivity contribution >= 4 is 28.1 Å². The van der Waals surface area contributed by atoms with Crippen LogP contribution in [0.1, 0.15) is 22.2 Å². The zero-order valence-corrected chi connectivity index (χ0v) is 11.8. The lowest BCUT2D eigenvalue weighted by molar-refractivity contribution is 0.0940. The van der Waals surface area contributed by atoms with Crippen LogP contribution in [0, 0.1) is 12.3 Å². The molecule has 3 aromatic rings. The molecule has 3 rings (SSSR count). The largest absolute Gasteiger partial charge is 0.332 e. The first-order valence-electron chi connectivity index (χ1n) is 6.29. The minimum Gasteiger partial charge on any atom is -0.332 e. The maximum Gasteiger partial charge on any atom is 0.272 e. The van der Waals surface area contributed by atoms with Crippen LogP contribution in [0.3, 0.4) is 0 Å². The van der Waals surface area contributed by atoms with E-state index >= 15 is 0 Å². The van der Waals surface area contributed by atoms with Crippen molar-refractivity contribution in [2.45, 2.75) is 6.04 Å². The van der Waals surface area contributed by atoms with Gasteiger partial charge in [-0.3, -0.25) is 4.79 Å². The summed E-state index contributed by atoms with van der Waals surface area (Å²) in [6, 6.07) is 10.9. The summed E-state index contributed by atoms with van der Waals surface area (Å²) >= 11 is 1.36. The monoisotopic (exact) mass is 293 g/mol. The van der Waals surface area contributed by atoms with Crippen molar-refractivity contribution in [1.29, 1.82) is 0 Å². The fourth-order valence-electron chi connectivity index (χ4n) is 1.97. The Morgan fingerprint density at radius 2 is 2.14 bits per heavy atom. The number of aromatic nitrogens is 2.